The summed E-state index contributed by atoms with van der Waals surface area (Å²) in [5.41, 5.74) is 2.46. The van der Waals surface area contributed by atoms with Gasteiger partial charge in [0, 0.05) is 30.2 Å². The van der Waals surface area contributed by atoms with Crippen LogP contribution in [-0.2, 0) is 6.54 Å². The fraction of sp³-hybridized carbons (Fsp3) is 0.545. The zero-order valence-corrected chi connectivity index (χ0v) is 17.3. The molecule has 0 radical (unpaired) electrons. The van der Waals surface area contributed by atoms with E-state index >= 15 is 0 Å². The summed E-state index contributed by atoms with van der Waals surface area (Å²) in [5, 5.41) is 4.18. The highest BCUT2D eigenvalue weighted by Crippen LogP contribution is 2.18. The molecule has 152 valence electrons. The van der Waals surface area contributed by atoms with Gasteiger partial charge < -0.3 is 20.1 Å². The molecule has 0 bridgehead atoms. The van der Waals surface area contributed by atoms with Crippen LogP contribution in [0, 0.1) is 6.92 Å². The minimum absolute atomic E-state index is 0.0718. The van der Waals surface area contributed by atoms with E-state index in [0.29, 0.717) is 18.7 Å². The summed E-state index contributed by atoms with van der Waals surface area (Å²) < 4.78 is 0. The van der Waals surface area contributed by atoms with Crippen LogP contribution in [-0.4, -0.2) is 54.0 Å². The first-order chi connectivity index (χ1) is 13.4. The van der Waals surface area contributed by atoms with Gasteiger partial charge in [-0.3, -0.25) is 4.79 Å². The Balaban J connectivity index is 1.79. The lowest BCUT2D eigenvalue weighted by molar-refractivity contribution is 0.181. The second-order valence-electron chi connectivity index (χ2n) is 8.22. The SMILES string of the molecule is Cc1ccc2[nH]c(=O)c(CN(CCN(C)C)C(=O)NC3CCCCC3)cc2c1. The number of urea groups is 1. The maximum Gasteiger partial charge on any atom is 0.317 e. The molecule has 1 aromatic heterocycles. The molecule has 6 heteroatoms. The topological polar surface area (TPSA) is 68.4 Å². The molecule has 2 amide bonds. The van der Waals surface area contributed by atoms with Gasteiger partial charge in [0.15, 0.2) is 0 Å². The van der Waals surface area contributed by atoms with E-state index in [1.807, 2.05) is 39.2 Å². The van der Waals surface area contributed by atoms with E-state index in [2.05, 4.69) is 21.3 Å². The van der Waals surface area contributed by atoms with Gasteiger partial charge in [-0.15, -0.1) is 0 Å². The largest absolute Gasteiger partial charge is 0.335 e. The fourth-order valence-corrected chi connectivity index (χ4v) is 3.78. The third-order valence-electron chi connectivity index (χ3n) is 5.47. The van der Waals surface area contributed by atoms with E-state index in [4.69, 9.17) is 0 Å². The van der Waals surface area contributed by atoms with E-state index in [0.717, 1.165) is 35.9 Å². The number of amides is 2. The Morgan fingerprint density at radius 2 is 1.89 bits per heavy atom. The Bertz CT molecular complexity index is 868. The molecule has 2 N–H and O–H groups in total. The first kappa shape index (κ1) is 20.4. The lowest BCUT2D eigenvalue weighted by atomic mass is 9.96. The van der Waals surface area contributed by atoms with Crippen molar-refractivity contribution < 1.29 is 4.79 Å². The number of carbonyl (C=O) groups excluding carboxylic acids is 1. The molecule has 3 rings (SSSR count). The lowest BCUT2D eigenvalue weighted by Crippen LogP contribution is -2.47. The molecule has 0 unspecified atom stereocenters. The highest BCUT2D eigenvalue weighted by Gasteiger charge is 2.21. The Morgan fingerprint density at radius 1 is 1.14 bits per heavy atom. The standard InChI is InChI=1S/C22H32N4O2/c1-16-9-10-20-17(13-16)14-18(21(27)24-20)15-26(12-11-25(2)3)22(28)23-19-7-5-4-6-8-19/h9-10,13-14,19H,4-8,11-12,15H2,1-3H3,(H,23,28)(H,24,27). The number of nitrogens with one attached hydrogen (secondary N) is 2. The van der Waals surface area contributed by atoms with E-state index < -0.39 is 0 Å². The maximum atomic E-state index is 12.9. The zero-order chi connectivity index (χ0) is 20.1. The summed E-state index contributed by atoms with van der Waals surface area (Å²) in [5.74, 6) is 0. The first-order valence-corrected chi connectivity index (χ1v) is 10.2. The molecule has 1 aliphatic carbocycles. The average Bonchev–Trinajstić information content (AvgIpc) is 2.66. The number of rotatable bonds is 6. The van der Waals surface area contributed by atoms with Crippen molar-refractivity contribution in [2.45, 2.75) is 51.6 Å². The predicted octanol–water partition coefficient (Wildman–Crippen LogP) is 3.24. The van der Waals surface area contributed by atoms with E-state index in [9.17, 15) is 9.59 Å². The minimum Gasteiger partial charge on any atom is -0.335 e. The predicted molar refractivity (Wildman–Crippen MR) is 114 cm³/mol. The van der Waals surface area contributed by atoms with Gasteiger partial charge in [0.25, 0.3) is 5.56 Å². The van der Waals surface area contributed by atoms with E-state index in [-0.39, 0.29) is 17.6 Å². The molecule has 0 spiro atoms. The normalized spacial score (nSPS) is 15.1. The van der Waals surface area contributed by atoms with Crippen LogP contribution in [0.3, 0.4) is 0 Å². The highest BCUT2D eigenvalue weighted by molar-refractivity contribution is 5.80. The van der Waals surface area contributed by atoms with Crippen molar-refractivity contribution in [3.63, 3.8) is 0 Å². The molecule has 1 aromatic carbocycles. The number of aromatic amines is 1. The molecule has 1 saturated carbocycles. The van der Waals surface area contributed by atoms with Gasteiger partial charge in [0.2, 0.25) is 0 Å². The molecule has 1 aliphatic rings. The molecule has 0 atom stereocenters. The fourth-order valence-electron chi connectivity index (χ4n) is 3.78. The van der Waals surface area contributed by atoms with Crippen LogP contribution in [0.4, 0.5) is 4.79 Å². The summed E-state index contributed by atoms with van der Waals surface area (Å²) >= 11 is 0. The van der Waals surface area contributed by atoms with Gasteiger partial charge in [-0.05, 0) is 57.4 Å². The third-order valence-corrected chi connectivity index (χ3v) is 5.47. The minimum atomic E-state index is -0.128. The van der Waals surface area contributed by atoms with Gasteiger partial charge in [0.1, 0.15) is 0 Å². The molecule has 1 fully saturated rings. The van der Waals surface area contributed by atoms with Crippen LogP contribution in [0.25, 0.3) is 10.9 Å². The van der Waals surface area contributed by atoms with Gasteiger partial charge in [0.05, 0.1) is 6.54 Å². The molecule has 6 nitrogen and oxygen atoms in total. The van der Waals surface area contributed by atoms with Crippen LogP contribution >= 0.6 is 0 Å². The van der Waals surface area contributed by atoms with Gasteiger partial charge in [-0.2, -0.15) is 0 Å². The van der Waals surface area contributed by atoms with E-state index in [1.54, 1.807) is 4.90 Å². The number of H-pyrrole nitrogens is 1. The monoisotopic (exact) mass is 384 g/mol. The maximum absolute atomic E-state index is 12.9. The van der Waals surface area contributed by atoms with Crippen molar-refractivity contribution in [2.75, 3.05) is 27.2 Å². The van der Waals surface area contributed by atoms with Gasteiger partial charge in [-0.1, -0.05) is 30.9 Å². The van der Waals surface area contributed by atoms with Gasteiger partial charge >= 0.3 is 6.03 Å². The molecular formula is C22H32N4O2. The van der Waals surface area contributed by atoms with Crippen LogP contribution in [0.2, 0.25) is 0 Å². The van der Waals surface area contributed by atoms with Crippen LogP contribution in [0.5, 0.6) is 0 Å². The Hall–Kier alpha value is -2.34. The van der Waals surface area contributed by atoms with Crippen LogP contribution in [0.1, 0.15) is 43.2 Å². The molecule has 0 saturated heterocycles. The number of aromatic nitrogens is 1. The van der Waals surface area contributed by atoms with Crippen molar-refractivity contribution in [3.8, 4) is 0 Å². The number of nitrogens with zero attached hydrogens (tertiary/aromatic N) is 2. The molecule has 28 heavy (non-hydrogen) atoms. The van der Waals surface area contributed by atoms with Gasteiger partial charge in [-0.25, -0.2) is 4.79 Å². The molecule has 0 aliphatic heterocycles. The summed E-state index contributed by atoms with van der Waals surface area (Å²) in [6.45, 7) is 3.68. The Labute approximate surface area is 166 Å². The molecular weight excluding hydrogens is 352 g/mol. The van der Waals surface area contributed by atoms with Crippen molar-refractivity contribution in [2.24, 2.45) is 0 Å². The lowest BCUT2D eigenvalue weighted by Gasteiger charge is -2.29. The molecule has 2 aromatic rings. The summed E-state index contributed by atoms with van der Waals surface area (Å²) in [6, 6.07) is 8.06. The van der Waals surface area contributed by atoms with Crippen LogP contribution < -0.4 is 10.9 Å². The smallest absolute Gasteiger partial charge is 0.317 e. The number of hydrogen-bond donors (Lipinski definition) is 2. The third kappa shape index (κ3) is 5.35. The van der Waals surface area contributed by atoms with Crippen molar-refractivity contribution >= 4 is 16.9 Å². The number of benzene rings is 1. The number of carbonyl (C=O) groups is 1. The number of aryl methyl sites for hydroxylation is 1. The quantitative estimate of drug-likeness (QED) is 0.803. The Kier molecular flexibility index (Phi) is 6.73. The second kappa shape index (κ2) is 9.24. The van der Waals surface area contributed by atoms with Crippen LogP contribution in [0.15, 0.2) is 29.1 Å². The first-order valence-electron chi connectivity index (χ1n) is 10.2. The van der Waals surface area contributed by atoms with E-state index in [1.165, 1.54) is 19.3 Å². The second-order valence-corrected chi connectivity index (χ2v) is 8.22. The summed E-state index contributed by atoms with van der Waals surface area (Å²) in [6.07, 6.45) is 5.69. The summed E-state index contributed by atoms with van der Waals surface area (Å²) in [4.78, 5) is 32.3. The highest BCUT2D eigenvalue weighted by atomic mass is 16.2. The average molecular weight is 385 g/mol. The van der Waals surface area contributed by atoms with Crippen molar-refractivity contribution in [1.29, 1.82) is 0 Å². The van der Waals surface area contributed by atoms with Crippen molar-refractivity contribution in [1.82, 2.24) is 20.1 Å². The Morgan fingerprint density at radius 3 is 2.61 bits per heavy atom. The number of hydrogen-bond acceptors (Lipinski definition) is 3. The van der Waals surface area contributed by atoms with Crippen molar-refractivity contribution in [3.05, 3.63) is 45.7 Å². The number of fused-ring (bicyclic) bond motifs is 1. The number of likely N-dealkylation sites (N-methyl/N-ethyl adjacent to an activating group) is 1. The molecule has 1 heterocycles. The summed E-state index contributed by atoms with van der Waals surface area (Å²) in [7, 11) is 3.98. The number of pyridine rings is 1. The zero-order valence-electron chi connectivity index (χ0n) is 17.3.